The molecule has 2 aromatic rings. The van der Waals surface area contributed by atoms with Crippen LogP contribution in [0.15, 0.2) is 40.9 Å². The molecule has 21 heavy (non-hydrogen) atoms. The first-order valence-electron chi connectivity index (χ1n) is 6.94. The minimum atomic E-state index is 0.0380. The highest BCUT2D eigenvalue weighted by Gasteiger charge is 2.19. The molecule has 0 aliphatic rings. The summed E-state index contributed by atoms with van der Waals surface area (Å²) in [7, 11) is 0. The van der Waals surface area contributed by atoms with Gasteiger partial charge < -0.3 is 4.74 Å². The topological polar surface area (TPSA) is 9.23 Å². The fourth-order valence-corrected chi connectivity index (χ4v) is 3.05. The van der Waals surface area contributed by atoms with Gasteiger partial charge in [0.25, 0.3) is 0 Å². The van der Waals surface area contributed by atoms with Crippen molar-refractivity contribution in [2.45, 2.75) is 39.0 Å². The molecule has 1 nitrogen and oxygen atoms in total. The molecule has 0 aliphatic carbocycles. The molecule has 2 aromatic carbocycles. The second kappa shape index (κ2) is 6.41. The van der Waals surface area contributed by atoms with Crippen LogP contribution >= 0.6 is 27.5 Å². The summed E-state index contributed by atoms with van der Waals surface area (Å²) in [4.78, 5) is 0. The van der Waals surface area contributed by atoms with Gasteiger partial charge in [-0.25, -0.2) is 0 Å². The Bertz CT molecular complexity index is 644. The Hall–Kier alpha value is -0.990. The normalized spacial score (nSPS) is 11.5. The third-order valence-corrected chi connectivity index (χ3v) is 4.37. The lowest BCUT2D eigenvalue weighted by Gasteiger charge is -2.23. The number of benzene rings is 2. The summed E-state index contributed by atoms with van der Waals surface area (Å²) >= 11 is 9.41. The van der Waals surface area contributed by atoms with Crippen LogP contribution in [0.25, 0.3) is 0 Å². The third-order valence-electron chi connectivity index (χ3n) is 3.34. The van der Waals surface area contributed by atoms with Gasteiger partial charge in [-0.3, -0.25) is 0 Å². The SMILES string of the molecule is Cc1ccc(C(C)(C)C)c(Oc2ccc(CCl)c(Br)c2)c1. The Balaban J connectivity index is 2.39. The van der Waals surface area contributed by atoms with Crippen molar-refractivity contribution in [3.63, 3.8) is 0 Å². The van der Waals surface area contributed by atoms with Crippen molar-refractivity contribution in [3.05, 3.63) is 57.6 Å². The average Bonchev–Trinajstić information content (AvgIpc) is 2.37. The van der Waals surface area contributed by atoms with Gasteiger partial charge in [-0.1, -0.05) is 54.9 Å². The van der Waals surface area contributed by atoms with Gasteiger partial charge in [0.2, 0.25) is 0 Å². The quantitative estimate of drug-likeness (QED) is 0.556. The zero-order valence-corrected chi connectivity index (χ0v) is 15.2. The van der Waals surface area contributed by atoms with Crippen LogP contribution < -0.4 is 4.74 Å². The van der Waals surface area contributed by atoms with Gasteiger partial charge >= 0.3 is 0 Å². The minimum Gasteiger partial charge on any atom is -0.457 e. The molecule has 2 rings (SSSR count). The molecule has 0 aliphatic heterocycles. The van der Waals surface area contributed by atoms with Crippen LogP contribution in [0, 0.1) is 6.92 Å². The first-order valence-corrected chi connectivity index (χ1v) is 8.27. The van der Waals surface area contributed by atoms with E-state index in [1.807, 2.05) is 18.2 Å². The number of hydrogen-bond acceptors (Lipinski definition) is 1. The molecule has 0 radical (unpaired) electrons. The molecule has 3 heteroatoms. The number of aryl methyl sites for hydroxylation is 1. The van der Waals surface area contributed by atoms with E-state index in [9.17, 15) is 0 Å². The summed E-state index contributed by atoms with van der Waals surface area (Å²) in [6.07, 6.45) is 0. The predicted molar refractivity (Wildman–Crippen MR) is 93.7 cm³/mol. The molecule has 0 atom stereocenters. The van der Waals surface area contributed by atoms with E-state index >= 15 is 0 Å². The number of alkyl halides is 1. The van der Waals surface area contributed by atoms with Crippen LogP contribution in [-0.2, 0) is 11.3 Å². The number of rotatable bonds is 3. The van der Waals surface area contributed by atoms with Crippen molar-refractivity contribution in [1.82, 2.24) is 0 Å². The first kappa shape index (κ1) is 16.4. The minimum absolute atomic E-state index is 0.0380. The summed E-state index contributed by atoms with van der Waals surface area (Å²) in [6, 6.07) is 12.3. The zero-order chi connectivity index (χ0) is 15.6. The Kier molecular flexibility index (Phi) is 5.00. The summed E-state index contributed by atoms with van der Waals surface area (Å²) in [6.45, 7) is 8.65. The van der Waals surface area contributed by atoms with Crippen LogP contribution in [0.2, 0.25) is 0 Å². The fourth-order valence-electron chi connectivity index (χ4n) is 2.16. The number of hydrogen-bond donors (Lipinski definition) is 0. The summed E-state index contributed by atoms with van der Waals surface area (Å²) in [5.74, 6) is 2.21. The Morgan fingerprint density at radius 3 is 2.38 bits per heavy atom. The van der Waals surface area contributed by atoms with Gasteiger partial charge in [-0.05, 0) is 41.7 Å². The van der Waals surface area contributed by atoms with Crippen molar-refractivity contribution in [2.24, 2.45) is 0 Å². The Labute approximate surface area is 140 Å². The van der Waals surface area contributed by atoms with Gasteiger partial charge in [0.05, 0.1) is 0 Å². The van der Waals surface area contributed by atoms with E-state index in [1.165, 1.54) is 11.1 Å². The lowest BCUT2D eigenvalue weighted by Crippen LogP contribution is -2.12. The van der Waals surface area contributed by atoms with Gasteiger partial charge in [0, 0.05) is 15.9 Å². The van der Waals surface area contributed by atoms with E-state index in [0.717, 1.165) is 21.5 Å². The van der Waals surface area contributed by atoms with Crippen molar-refractivity contribution in [2.75, 3.05) is 0 Å². The average molecular weight is 368 g/mol. The highest BCUT2D eigenvalue weighted by Crippen LogP contribution is 2.36. The molecule has 0 spiro atoms. The maximum Gasteiger partial charge on any atom is 0.131 e. The van der Waals surface area contributed by atoms with E-state index in [1.54, 1.807) is 0 Å². The molecule has 112 valence electrons. The summed E-state index contributed by atoms with van der Waals surface area (Å²) in [5, 5.41) is 0. The Morgan fingerprint density at radius 2 is 1.81 bits per heavy atom. The van der Waals surface area contributed by atoms with E-state index in [0.29, 0.717) is 5.88 Å². The van der Waals surface area contributed by atoms with Gasteiger partial charge in [-0.2, -0.15) is 0 Å². The number of halogens is 2. The van der Waals surface area contributed by atoms with Crippen LogP contribution in [0.1, 0.15) is 37.5 Å². The largest absolute Gasteiger partial charge is 0.457 e. The maximum atomic E-state index is 6.12. The van der Waals surface area contributed by atoms with E-state index in [-0.39, 0.29) is 5.41 Å². The van der Waals surface area contributed by atoms with E-state index in [2.05, 4.69) is 61.8 Å². The van der Waals surface area contributed by atoms with Crippen LogP contribution in [-0.4, -0.2) is 0 Å². The van der Waals surface area contributed by atoms with Gasteiger partial charge in [0.1, 0.15) is 11.5 Å². The molecule has 0 saturated carbocycles. The second-order valence-corrected chi connectivity index (χ2v) is 7.36. The predicted octanol–water partition coefficient (Wildman–Crippen LogP) is 6.59. The third kappa shape index (κ3) is 4.02. The van der Waals surface area contributed by atoms with Gasteiger partial charge in [-0.15, -0.1) is 11.6 Å². The van der Waals surface area contributed by atoms with Crippen LogP contribution in [0.3, 0.4) is 0 Å². The van der Waals surface area contributed by atoms with Gasteiger partial charge in [0.15, 0.2) is 0 Å². The first-order chi connectivity index (χ1) is 9.81. The van der Waals surface area contributed by atoms with Crippen LogP contribution in [0.5, 0.6) is 11.5 Å². The van der Waals surface area contributed by atoms with E-state index < -0.39 is 0 Å². The molecular weight excluding hydrogens is 348 g/mol. The lowest BCUT2D eigenvalue weighted by molar-refractivity contribution is 0.454. The van der Waals surface area contributed by atoms with Crippen molar-refractivity contribution in [3.8, 4) is 11.5 Å². The highest BCUT2D eigenvalue weighted by atomic mass is 79.9. The molecule has 0 unspecified atom stereocenters. The highest BCUT2D eigenvalue weighted by molar-refractivity contribution is 9.10. The zero-order valence-electron chi connectivity index (χ0n) is 12.8. The van der Waals surface area contributed by atoms with E-state index in [4.69, 9.17) is 16.3 Å². The van der Waals surface area contributed by atoms with Crippen molar-refractivity contribution in [1.29, 1.82) is 0 Å². The Morgan fingerprint density at radius 1 is 1.10 bits per heavy atom. The molecule has 0 bridgehead atoms. The summed E-state index contributed by atoms with van der Waals surface area (Å²) < 4.78 is 7.10. The smallest absolute Gasteiger partial charge is 0.131 e. The summed E-state index contributed by atoms with van der Waals surface area (Å²) in [5.41, 5.74) is 3.49. The molecule has 0 amide bonds. The molecule has 0 saturated heterocycles. The maximum absolute atomic E-state index is 6.12. The molecule has 0 N–H and O–H groups in total. The van der Waals surface area contributed by atoms with Crippen molar-refractivity contribution < 1.29 is 4.74 Å². The molecular formula is C18H20BrClO. The fraction of sp³-hybridized carbons (Fsp3) is 0.333. The molecule has 0 heterocycles. The van der Waals surface area contributed by atoms with Crippen molar-refractivity contribution >= 4 is 27.5 Å². The lowest BCUT2D eigenvalue weighted by atomic mass is 9.86. The molecule has 0 fully saturated rings. The van der Waals surface area contributed by atoms with Crippen LogP contribution in [0.4, 0.5) is 0 Å². The second-order valence-electron chi connectivity index (χ2n) is 6.24. The standard InChI is InChI=1S/C18H20BrClO/c1-12-5-8-15(18(2,3)4)17(9-12)21-14-7-6-13(11-20)16(19)10-14/h5-10H,11H2,1-4H3. The molecule has 0 aromatic heterocycles. The number of ether oxygens (including phenoxy) is 1. The monoisotopic (exact) mass is 366 g/mol.